The zero-order chi connectivity index (χ0) is 21.0. The molecule has 0 saturated heterocycles. The normalized spacial score (nSPS) is 11.1. The van der Waals surface area contributed by atoms with E-state index in [1.807, 2.05) is 48.5 Å². The summed E-state index contributed by atoms with van der Waals surface area (Å²) >= 11 is 0. The highest BCUT2D eigenvalue weighted by Gasteiger charge is 2.21. The molecule has 5 aromatic rings. The summed E-state index contributed by atoms with van der Waals surface area (Å²) in [4.78, 5) is 0. The van der Waals surface area contributed by atoms with Crippen molar-refractivity contribution in [2.75, 3.05) is 0 Å². The number of hydrogen-bond donors (Lipinski definition) is 1. The van der Waals surface area contributed by atoms with E-state index in [-0.39, 0.29) is 0 Å². The molecule has 0 aromatic heterocycles. The fraction of sp³-hybridized carbons (Fsp3) is 0. The fourth-order valence-corrected chi connectivity index (χ4v) is 4.15. The summed E-state index contributed by atoms with van der Waals surface area (Å²) in [5.41, 5.74) is 8.31. The van der Waals surface area contributed by atoms with Crippen LogP contribution in [-0.4, -0.2) is 6.54 Å². The van der Waals surface area contributed by atoms with Crippen molar-refractivity contribution in [2.24, 2.45) is 0 Å². The number of aromatic hydroxyl groups is 1. The van der Waals surface area contributed by atoms with Crippen molar-refractivity contribution in [2.45, 2.75) is 0 Å². The maximum absolute atomic E-state index is 8.06. The minimum absolute atomic E-state index is 0.579. The van der Waals surface area contributed by atoms with E-state index in [9.17, 15) is 0 Å². The molecule has 0 bridgehead atoms. The fourth-order valence-electron chi connectivity index (χ4n) is 4.15. The zero-order valence-corrected chi connectivity index (χ0v) is 16.5. The molecule has 1 N–H and O–H groups in total. The zero-order valence-electron chi connectivity index (χ0n) is 17.5. The Kier molecular flexibility index (Phi) is 4.41. The Labute approximate surface area is 178 Å². The van der Waals surface area contributed by atoms with E-state index in [4.69, 9.17) is 6.54 Å². The molecule has 0 fully saturated rings. The SMILES string of the molecule is [2H]Oc1c(-c2ccccc2)c(-c2ccccc2)c(-c2ccccc2)[c-]1-c1ccccc1. The number of rotatable bonds is 5. The molecule has 0 radical (unpaired) electrons. The molecule has 0 saturated carbocycles. The van der Waals surface area contributed by atoms with Crippen molar-refractivity contribution in [1.29, 1.82) is 1.43 Å². The van der Waals surface area contributed by atoms with Crippen LogP contribution in [0.15, 0.2) is 121 Å². The molecule has 0 aliphatic carbocycles. The molecule has 0 unspecified atom stereocenters. The lowest BCUT2D eigenvalue weighted by Gasteiger charge is -2.17. The van der Waals surface area contributed by atoms with Crippen LogP contribution in [0, 0.1) is 0 Å². The van der Waals surface area contributed by atoms with Crippen molar-refractivity contribution in [3.63, 3.8) is 0 Å². The van der Waals surface area contributed by atoms with E-state index >= 15 is 0 Å². The van der Waals surface area contributed by atoms with Crippen LogP contribution in [0.4, 0.5) is 0 Å². The molecule has 0 aliphatic heterocycles. The summed E-state index contributed by atoms with van der Waals surface area (Å²) in [6.07, 6.45) is 0. The quantitative estimate of drug-likeness (QED) is 0.306. The predicted molar refractivity (Wildman–Crippen MR) is 125 cm³/mol. The van der Waals surface area contributed by atoms with Gasteiger partial charge in [0, 0.05) is 0 Å². The smallest absolute Gasteiger partial charge is 0.291 e. The first kappa shape index (κ1) is 16.9. The van der Waals surface area contributed by atoms with Crippen molar-refractivity contribution in [1.82, 2.24) is 0 Å². The summed E-state index contributed by atoms with van der Waals surface area (Å²) < 4.78 is 8.06. The van der Waals surface area contributed by atoms with Crippen LogP contribution in [0.1, 0.15) is 0 Å². The van der Waals surface area contributed by atoms with Gasteiger partial charge in [0.15, 0.2) is 0 Å². The lowest BCUT2D eigenvalue weighted by molar-refractivity contribution is 0.481. The maximum Gasteiger partial charge on any atom is 0.291 e. The van der Waals surface area contributed by atoms with Gasteiger partial charge >= 0.3 is 0 Å². The summed E-state index contributed by atoms with van der Waals surface area (Å²) in [6, 6.07) is 41.2. The Balaban J connectivity index is 1.97. The van der Waals surface area contributed by atoms with Crippen LogP contribution in [0.25, 0.3) is 44.5 Å². The van der Waals surface area contributed by atoms with Crippen LogP contribution < -0.4 is 0 Å². The molecular formula is C29H21O-. The Morgan fingerprint density at radius 1 is 0.500 bits per heavy atom. The monoisotopic (exact) mass is 386 g/mol. The molecule has 1 heteroatoms. The molecule has 0 spiro atoms. The highest BCUT2D eigenvalue weighted by atomic mass is 16.3. The van der Waals surface area contributed by atoms with Gasteiger partial charge < -0.3 is 5.11 Å². The molecule has 5 aromatic carbocycles. The Morgan fingerprint density at radius 3 is 1.43 bits per heavy atom. The summed E-state index contributed by atoms with van der Waals surface area (Å²) in [6.45, 7) is 0. The first-order chi connectivity index (χ1) is 15.4. The van der Waals surface area contributed by atoms with Crippen LogP contribution in [0.2, 0.25) is 0 Å². The lowest BCUT2D eigenvalue weighted by atomic mass is 9.91. The van der Waals surface area contributed by atoms with Gasteiger partial charge in [-0.1, -0.05) is 137 Å². The Hall–Kier alpha value is -3.97. The van der Waals surface area contributed by atoms with E-state index in [2.05, 4.69) is 72.8 Å². The third kappa shape index (κ3) is 3.11. The van der Waals surface area contributed by atoms with Gasteiger partial charge in [0.05, 0.1) is 5.75 Å². The molecular weight excluding hydrogens is 364 g/mol. The second-order valence-corrected chi connectivity index (χ2v) is 7.29. The minimum Gasteiger partial charge on any atom is -0.520 e. The van der Waals surface area contributed by atoms with Gasteiger partial charge in [0.1, 0.15) is 0 Å². The molecule has 144 valence electrons. The van der Waals surface area contributed by atoms with Crippen molar-refractivity contribution in [3.05, 3.63) is 121 Å². The van der Waals surface area contributed by atoms with E-state index in [1.54, 1.807) is 0 Å². The van der Waals surface area contributed by atoms with E-state index in [0.717, 1.165) is 44.5 Å². The second-order valence-electron chi connectivity index (χ2n) is 7.29. The van der Waals surface area contributed by atoms with Crippen LogP contribution in [0.3, 0.4) is 0 Å². The molecule has 5 rings (SSSR count). The maximum atomic E-state index is 8.06. The average molecular weight is 386 g/mol. The van der Waals surface area contributed by atoms with Crippen LogP contribution >= 0.6 is 0 Å². The number of hydrogen-bond acceptors (Lipinski definition) is 1. The van der Waals surface area contributed by atoms with Gasteiger partial charge in [0.2, 0.25) is 0 Å². The third-order valence-electron chi connectivity index (χ3n) is 5.45. The summed E-state index contributed by atoms with van der Waals surface area (Å²) in [7, 11) is 0. The number of benzene rings is 4. The first-order valence-corrected chi connectivity index (χ1v) is 10.1. The van der Waals surface area contributed by atoms with Crippen molar-refractivity contribution < 1.29 is 5.11 Å². The Morgan fingerprint density at radius 2 is 0.933 bits per heavy atom. The summed E-state index contributed by atoms with van der Waals surface area (Å²) in [5.74, 6) is 0.579. The third-order valence-corrected chi connectivity index (χ3v) is 5.45. The average Bonchev–Trinajstić information content (AvgIpc) is 3.21. The topological polar surface area (TPSA) is 20.2 Å². The van der Waals surface area contributed by atoms with Crippen molar-refractivity contribution in [3.8, 4) is 50.3 Å². The van der Waals surface area contributed by atoms with Crippen LogP contribution in [0.5, 0.6) is 5.75 Å². The standard InChI is InChI=1S/C29H21O/c30-29-27(23-17-9-3-10-18-23)25(21-13-5-1-6-14-21)26(22-15-7-2-8-16-22)28(29)24-19-11-4-12-20-24/h1-20,30H/q-1/i/hD. The lowest BCUT2D eigenvalue weighted by Crippen LogP contribution is -1.85. The van der Waals surface area contributed by atoms with E-state index in [1.165, 1.54) is 0 Å². The molecule has 0 aliphatic rings. The van der Waals surface area contributed by atoms with Gasteiger partial charge in [-0.15, -0.1) is 12.1 Å². The van der Waals surface area contributed by atoms with Gasteiger partial charge in [-0.25, -0.2) is 0 Å². The Bertz CT molecular complexity index is 1170. The predicted octanol–water partition coefficient (Wildman–Crippen LogP) is 7.78. The molecule has 1 nitrogen and oxygen atoms in total. The largest absolute Gasteiger partial charge is 0.520 e. The van der Waals surface area contributed by atoms with Gasteiger partial charge in [0.25, 0.3) is 1.43 Å². The van der Waals surface area contributed by atoms with Crippen LogP contribution in [-0.2, 0) is 0 Å². The van der Waals surface area contributed by atoms with E-state index in [0.29, 0.717) is 5.75 Å². The van der Waals surface area contributed by atoms with Crippen molar-refractivity contribution >= 4 is 0 Å². The van der Waals surface area contributed by atoms with Gasteiger partial charge in [-0.2, -0.15) is 0 Å². The highest BCUT2D eigenvalue weighted by Crippen LogP contribution is 2.54. The second kappa shape index (κ2) is 7.81. The highest BCUT2D eigenvalue weighted by molar-refractivity contribution is 6.09. The minimum atomic E-state index is 0.579. The van der Waals surface area contributed by atoms with E-state index < -0.39 is 0 Å². The molecule has 0 heterocycles. The molecule has 30 heavy (non-hydrogen) atoms. The molecule has 0 atom stereocenters. The van der Waals surface area contributed by atoms with Gasteiger partial charge in [-0.3, -0.25) is 0 Å². The summed E-state index contributed by atoms with van der Waals surface area (Å²) in [5, 5.41) is 5.40. The molecule has 0 amide bonds. The first-order valence-electron chi connectivity index (χ1n) is 10.5. The van der Waals surface area contributed by atoms with Gasteiger partial charge in [-0.05, 0) is 16.7 Å².